The largest absolute Gasteiger partial charge is 0.392 e. The summed E-state index contributed by atoms with van der Waals surface area (Å²) in [5.74, 6) is 0. The van der Waals surface area contributed by atoms with Crippen LogP contribution in [0.2, 0.25) is 0 Å². The minimum absolute atomic E-state index is 0.186. The summed E-state index contributed by atoms with van der Waals surface area (Å²) in [5, 5.41) is 17.8. The molecule has 4 heteroatoms. The molecule has 0 saturated heterocycles. The van der Waals surface area contributed by atoms with Gasteiger partial charge in [0, 0.05) is 31.4 Å². The molecule has 4 nitrogen and oxygen atoms in total. The van der Waals surface area contributed by atoms with Gasteiger partial charge in [0.05, 0.1) is 11.8 Å². The lowest BCUT2D eigenvalue weighted by atomic mass is 10.1. The summed E-state index contributed by atoms with van der Waals surface area (Å²) in [6.45, 7) is 2.84. The van der Waals surface area contributed by atoms with Gasteiger partial charge < -0.3 is 10.4 Å². The molecular weight excluding hydrogens is 214 g/mol. The maximum Gasteiger partial charge on any atom is 0.0693 e. The van der Waals surface area contributed by atoms with Crippen LogP contribution in [-0.4, -0.2) is 27.0 Å². The van der Waals surface area contributed by atoms with Crippen LogP contribution < -0.4 is 5.32 Å². The van der Waals surface area contributed by atoms with Gasteiger partial charge in [-0.3, -0.25) is 4.68 Å². The summed E-state index contributed by atoms with van der Waals surface area (Å²) in [4.78, 5) is 0. The number of aliphatic hydroxyl groups excluding tert-OH is 1. The molecule has 0 spiro atoms. The van der Waals surface area contributed by atoms with Gasteiger partial charge in [-0.25, -0.2) is 0 Å². The minimum Gasteiger partial charge on any atom is -0.392 e. The van der Waals surface area contributed by atoms with Gasteiger partial charge in [0.15, 0.2) is 0 Å². The molecule has 0 amide bonds. The maximum atomic E-state index is 10.0. The summed E-state index contributed by atoms with van der Waals surface area (Å²) in [6, 6.07) is 0.247. The lowest BCUT2D eigenvalue weighted by Crippen LogP contribution is -2.38. The molecular formula is C13H23N3O. The molecule has 1 fully saturated rings. The molecule has 17 heavy (non-hydrogen) atoms. The number of rotatable bonds is 3. The number of aryl methyl sites for hydroxylation is 2. The molecule has 1 saturated carbocycles. The fourth-order valence-corrected chi connectivity index (χ4v) is 2.59. The van der Waals surface area contributed by atoms with E-state index < -0.39 is 0 Å². The molecule has 1 aromatic heterocycles. The van der Waals surface area contributed by atoms with Crippen LogP contribution in [0.4, 0.5) is 0 Å². The Kier molecular flexibility index (Phi) is 4.18. The molecule has 1 heterocycles. The van der Waals surface area contributed by atoms with E-state index in [1.54, 1.807) is 0 Å². The fourth-order valence-electron chi connectivity index (χ4n) is 2.59. The van der Waals surface area contributed by atoms with Crippen molar-refractivity contribution >= 4 is 0 Å². The second-order valence-corrected chi connectivity index (χ2v) is 5.11. The van der Waals surface area contributed by atoms with Crippen molar-refractivity contribution in [3.63, 3.8) is 0 Å². The Labute approximate surface area is 103 Å². The van der Waals surface area contributed by atoms with Crippen molar-refractivity contribution < 1.29 is 5.11 Å². The highest BCUT2D eigenvalue weighted by molar-refractivity contribution is 5.15. The summed E-state index contributed by atoms with van der Waals surface area (Å²) < 4.78 is 1.84. The molecule has 2 atom stereocenters. The molecule has 2 rings (SSSR count). The Hall–Kier alpha value is -0.870. The van der Waals surface area contributed by atoms with Crippen molar-refractivity contribution in [3.8, 4) is 0 Å². The molecule has 1 aliphatic rings. The van der Waals surface area contributed by atoms with Gasteiger partial charge in [0.25, 0.3) is 0 Å². The molecule has 2 unspecified atom stereocenters. The molecule has 1 aliphatic carbocycles. The smallest absolute Gasteiger partial charge is 0.0693 e. The van der Waals surface area contributed by atoms with Crippen LogP contribution in [-0.2, 0) is 13.6 Å². The normalized spacial score (nSPS) is 25.8. The van der Waals surface area contributed by atoms with Crippen LogP contribution in [0.15, 0.2) is 6.20 Å². The molecule has 1 aromatic rings. The number of hydrogen-bond donors (Lipinski definition) is 2. The Bertz CT molecular complexity index is 362. The molecule has 96 valence electrons. The highest BCUT2D eigenvalue weighted by Gasteiger charge is 2.21. The number of aliphatic hydroxyl groups is 1. The summed E-state index contributed by atoms with van der Waals surface area (Å²) in [7, 11) is 1.94. The third-order valence-electron chi connectivity index (χ3n) is 3.65. The number of hydrogen-bond acceptors (Lipinski definition) is 3. The van der Waals surface area contributed by atoms with E-state index in [9.17, 15) is 5.11 Å². The van der Waals surface area contributed by atoms with Gasteiger partial charge in [-0.2, -0.15) is 5.10 Å². The van der Waals surface area contributed by atoms with Gasteiger partial charge in [-0.05, 0) is 19.8 Å². The van der Waals surface area contributed by atoms with E-state index in [1.807, 2.05) is 24.9 Å². The summed E-state index contributed by atoms with van der Waals surface area (Å²) in [5.41, 5.74) is 2.30. The summed E-state index contributed by atoms with van der Waals surface area (Å²) >= 11 is 0. The van der Waals surface area contributed by atoms with Crippen LogP contribution in [0.1, 0.15) is 43.4 Å². The number of nitrogens with zero attached hydrogens (tertiary/aromatic N) is 2. The lowest BCUT2D eigenvalue weighted by Gasteiger charge is -2.21. The Balaban J connectivity index is 1.90. The third-order valence-corrected chi connectivity index (χ3v) is 3.65. The van der Waals surface area contributed by atoms with Crippen LogP contribution in [0, 0.1) is 6.92 Å². The zero-order chi connectivity index (χ0) is 12.3. The van der Waals surface area contributed by atoms with E-state index >= 15 is 0 Å². The van der Waals surface area contributed by atoms with Crippen molar-refractivity contribution in [2.45, 2.75) is 57.7 Å². The highest BCUT2D eigenvalue weighted by atomic mass is 16.3. The zero-order valence-corrected chi connectivity index (χ0v) is 10.8. The van der Waals surface area contributed by atoms with Gasteiger partial charge >= 0.3 is 0 Å². The van der Waals surface area contributed by atoms with E-state index in [0.717, 1.165) is 31.5 Å². The zero-order valence-electron chi connectivity index (χ0n) is 10.8. The van der Waals surface area contributed by atoms with Gasteiger partial charge in [-0.15, -0.1) is 0 Å². The second kappa shape index (κ2) is 5.65. The Morgan fingerprint density at radius 1 is 1.41 bits per heavy atom. The van der Waals surface area contributed by atoms with E-state index in [2.05, 4.69) is 10.4 Å². The number of nitrogens with one attached hydrogen (secondary N) is 1. The van der Waals surface area contributed by atoms with Crippen LogP contribution >= 0.6 is 0 Å². The van der Waals surface area contributed by atoms with E-state index in [1.165, 1.54) is 18.4 Å². The molecule has 0 aromatic carbocycles. The standard InChI is InChI=1S/C13H23N3O/c1-10-11(9-16(2)15-10)8-14-12-6-4-3-5-7-13(12)17/h9,12-14,17H,3-8H2,1-2H3. The first-order chi connectivity index (χ1) is 8.16. The lowest BCUT2D eigenvalue weighted by molar-refractivity contribution is 0.119. The van der Waals surface area contributed by atoms with Crippen molar-refractivity contribution in [1.82, 2.24) is 15.1 Å². The van der Waals surface area contributed by atoms with Crippen molar-refractivity contribution in [1.29, 1.82) is 0 Å². The maximum absolute atomic E-state index is 10.0. The van der Waals surface area contributed by atoms with E-state index in [0.29, 0.717) is 0 Å². The molecule has 0 aliphatic heterocycles. The van der Waals surface area contributed by atoms with Gasteiger partial charge in [0.2, 0.25) is 0 Å². The monoisotopic (exact) mass is 237 g/mol. The summed E-state index contributed by atoms with van der Waals surface area (Å²) in [6.07, 6.45) is 7.51. The quantitative estimate of drug-likeness (QED) is 0.784. The average molecular weight is 237 g/mol. The predicted octanol–water partition coefficient (Wildman–Crippen LogP) is 1.51. The van der Waals surface area contributed by atoms with E-state index in [4.69, 9.17) is 0 Å². The molecule has 0 bridgehead atoms. The average Bonchev–Trinajstić information content (AvgIpc) is 2.48. The number of aromatic nitrogens is 2. The predicted molar refractivity (Wildman–Crippen MR) is 67.7 cm³/mol. The molecule has 2 N–H and O–H groups in total. The van der Waals surface area contributed by atoms with Crippen LogP contribution in [0.3, 0.4) is 0 Å². The van der Waals surface area contributed by atoms with Gasteiger partial charge in [0.1, 0.15) is 0 Å². The van der Waals surface area contributed by atoms with Crippen LogP contribution in [0.5, 0.6) is 0 Å². The SMILES string of the molecule is Cc1nn(C)cc1CNC1CCCCCC1O. The topological polar surface area (TPSA) is 50.1 Å². The second-order valence-electron chi connectivity index (χ2n) is 5.11. The molecule has 0 radical (unpaired) electrons. The third kappa shape index (κ3) is 3.30. The van der Waals surface area contributed by atoms with Crippen LogP contribution in [0.25, 0.3) is 0 Å². The minimum atomic E-state index is -0.186. The first kappa shape index (κ1) is 12.6. The Morgan fingerprint density at radius 2 is 2.18 bits per heavy atom. The Morgan fingerprint density at radius 3 is 2.88 bits per heavy atom. The van der Waals surface area contributed by atoms with Crippen molar-refractivity contribution in [2.24, 2.45) is 7.05 Å². The fraction of sp³-hybridized carbons (Fsp3) is 0.769. The van der Waals surface area contributed by atoms with Gasteiger partial charge in [-0.1, -0.05) is 19.3 Å². The van der Waals surface area contributed by atoms with Crippen molar-refractivity contribution in [2.75, 3.05) is 0 Å². The van der Waals surface area contributed by atoms with Crippen molar-refractivity contribution in [3.05, 3.63) is 17.5 Å². The first-order valence-corrected chi connectivity index (χ1v) is 6.57. The first-order valence-electron chi connectivity index (χ1n) is 6.57. The highest BCUT2D eigenvalue weighted by Crippen LogP contribution is 2.18. The van der Waals surface area contributed by atoms with E-state index in [-0.39, 0.29) is 12.1 Å².